The highest BCUT2D eigenvalue weighted by molar-refractivity contribution is 7.08. The molecule has 3 rings (SSSR count). The lowest BCUT2D eigenvalue weighted by atomic mass is 10.0. The predicted octanol–water partition coefficient (Wildman–Crippen LogP) is 3.83. The van der Waals surface area contributed by atoms with E-state index in [1.165, 1.54) is 10.1 Å². The molecule has 0 radical (unpaired) electrons. The predicted molar refractivity (Wildman–Crippen MR) is 78.2 cm³/mol. The number of aryl methyl sites for hydroxylation is 2. The van der Waals surface area contributed by atoms with Gasteiger partial charge in [0.1, 0.15) is 0 Å². The lowest BCUT2D eigenvalue weighted by Crippen LogP contribution is -2.08. The van der Waals surface area contributed by atoms with Gasteiger partial charge in [0.2, 0.25) is 0 Å². The Morgan fingerprint density at radius 3 is 2.84 bits per heavy atom. The smallest absolute Gasteiger partial charge is 0.408 e. The molecule has 0 spiro atoms. The van der Waals surface area contributed by atoms with Crippen molar-refractivity contribution in [2.75, 3.05) is 0 Å². The molecule has 3 nitrogen and oxygen atoms in total. The van der Waals surface area contributed by atoms with E-state index in [0.29, 0.717) is 5.58 Å². The van der Waals surface area contributed by atoms with E-state index in [9.17, 15) is 4.79 Å². The second kappa shape index (κ2) is 4.54. The molecule has 0 bridgehead atoms. The number of nitrogens with zero attached hydrogens (tertiary/aromatic N) is 1. The molecule has 1 unspecified atom stereocenters. The zero-order valence-electron chi connectivity index (χ0n) is 10.5. The molecule has 0 aliphatic rings. The molecule has 0 saturated heterocycles. The quantitative estimate of drug-likeness (QED) is 0.673. The summed E-state index contributed by atoms with van der Waals surface area (Å²) in [5, 5.41) is 3.91. The van der Waals surface area contributed by atoms with Crippen LogP contribution in [0.25, 0.3) is 11.1 Å². The van der Waals surface area contributed by atoms with Crippen molar-refractivity contribution >= 4 is 34.0 Å². The third kappa shape index (κ3) is 2.01. The maximum absolute atomic E-state index is 11.5. The first-order valence-electron chi connectivity index (χ1n) is 5.84. The lowest BCUT2D eigenvalue weighted by molar-refractivity contribution is 0.528. The summed E-state index contributed by atoms with van der Waals surface area (Å²) in [5.74, 6) is -0.356. The minimum Gasteiger partial charge on any atom is -0.408 e. The van der Waals surface area contributed by atoms with Crippen LogP contribution in [0.3, 0.4) is 0 Å². The standard InChI is InChI=1S/C14H12ClNO2S/c1-8-6-19-7-10(8)13(15)9-3-4-11-12(5-9)18-14(17)16(11)2/h3-7,13H,1-2H3. The summed E-state index contributed by atoms with van der Waals surface area (Å²) in [5.41, 5.74) is 4.57. The SMILES string of the molecule is Cc1cscc1C(Cl)c1ccc2c(c1)oc(=O)n2C. The highest BCUT2D eigenvalue weighted by Gasteiger charge is 2.16. The number of halogens is 1. The van der Waals surface area contributed by atoms with Crippen LogP contribution in [0, 0.1) is 6.92 Å². The number of benzene rings is 1. The summed E-state index contributed by atoms with van der Waals surface area (Å²) in [6.07, 6.45) is 0. The van der Waals surface area contributed by atoms with E-state index in [1.807, 2.05) is 25.1 Å². The van der Waals surface area contributed by atoms with E-state index in [-0.39, 0.29) is 11.1 Å². The van der Waals surface area contributed by atoms with Gasteiger partial charge in [-0.05, 0) is 46.5 Å². The maximum Gasteiger partial charge on any atom is 0.419 e. The monoisotopic (exact) mass is 293 g/mol. The number of rotatable bonds is 2. The number of alkyl halides is 1. The van der Waals surface area contributed by atoms with Gasteiger partial charge in [0.05, 0.1) is 10.9 Å². The summed E-state index contributed by atoms with van der Waals surface area (Å²) in [6.45, 7) is 2.04. The van der Waals surface area contributed by atoms with Crippen molar-refractivity contribution in [3.05, 3.63) is 56.2 Å². The fraction of sp³-hybridized carbons (Fsp3) is 0.214. The van der Waals surface area contributed by atoms with Crippen molar-refractivity contribution in [3.8, 4) is 0 Å². The van der Waals surface area contributed by atoms with Crippen LogP contribution in [0.4, 0.5) is 0 Å². The van der Waals surface area contributed by atoms with E-state index < -0.39 is 0 Å². The van der Waals surface area contributed by atoms with Crippen molar-refractivity contribution in [1.29, 1.82) is 0 Å². The van der Waals surface area contributed by atoms with Gasteiger partial charge in [-0.15, -0.1) is 11.6 Å². The van der Waals surface area contributed by atoms with Crippen LogP contribution in [0.1, 0.15) is 22.1 Å². The van der Waals surface area contributed by atoms with Crippen LogP contribution in [-0.4, -0.2) is 4.57 Å². The van der Waals surface area contributed by atoms with E-state index >= 15 is 0 Å². The van der Waals surface area contributed by atoms with Gasteiger partial charge in [-0.2, -0.15) is 11.3 Å². The Bertz CT molecular complexity index is 799. The maximum atomic E-state index is 11.5. The van der Waals surface area contributed by atoms with Crippen molar-refractivity contribution in [3.63, 3.8) is 0 Å². The fourth-order valence-electron chi connectivity index (χ4n) is 2.12. The van der Waals surface area contributed by atoms with Gasteiger partial charge in [-0.1, -0.05) is 6.07 Å². The van der Waals surface area contributed by atoms with Crippen LogP contribution >= 0.6 is 22.9 Å². The molecule has 0 amide bonds. The third-order valence-electron chi connectivity index (χ3n) is 3.28. The molecule has 98 valence electrons. The average Bonchev–Trinajstić information content (AvgIpc) is 2.93. The summed E-state index contributed by atoms with van der Waals surface area (Å²) < 4.78 is 6.67. The Kier molecular flexibility index (Phi) is 2.99. The minimum atomic E-state index is -0.356. The van der Waals surface area contributed by atoms with Gasteiger partial charge in [-0.3, -0.25) is 4.57 Å². The molecule has 5 heteroatoms. The highest BCUT2D eigenvalue weighted by atomic mass is 35.5. The number of oxazole rings is 1. The average molecular weight is 294 g/mol. The molecule has 0 N–H and O–H groups in total. The van der Waals surface area contributed by atoms with Crippen molar-refractivity contribution < 1.29 is 4.42 Å². The van der Waals surface area contributed by atoms with Crippen LogP contribution in [0.5, 0.6) is 0 Å². The van der Waals surface area contributed by atoms with Crippen LogP contribution in [-0.2, 0) is 7.05 Å². The van der Waals surface area contributed by atoms with E-state index in [0.717, 1.165) is 16.6 Å². The van der Waals surface area contributed by atoms with Crippen molar-refractivity contribution in [2.45, 2.75) is 12.3 Å². The van der Waals surface area contributed by atoms with Crippen LogP contribution in [0.15, 0.2) is 38.2 Å². The second-order valence-corrected chi connectivity index (χ2v) is 5.71. The zero-order valence-corrected chi connectivity index (χ0v) is 12.1. The Morgan fingerprint density at radius 2 is 2.16 bits per heavy atom. The molecule has 0 fully saturated rings. The number of thiophene rings is 1. The molecular formula is C14H12ClNO2S. The zero-order chi connectivity index (χ0) is 13.6. The minimum absolute atomic E-state index is 0.221. The number of fused-ring (bicyclic) bond motifs is 1. The Balaban J connectivity index is 2.11. The molecule has 3 aromatic rings. The summed E-state index contributed by atoms with van der Waals surface area (Å²) in [7, 11) is 1.69. The van der Waals surface area contributed by atoms with Crippen molar-refractivity contribution in [1.82, 2.24) is 4.57 Å². The van der Waals surface area contributed by atoms with E-state index in [2.05, 4.69) is 10.8 Å². The third-order valence-corrected chi connectivity index (χ3v) is 4.64. The first-order valence-corrected chi connectivity index (χ1v) is 7.22. The molecule has 0 aliphatic heterocycles. The Labute approximate surface area is 119 Å². The van der Waals surface area contributed by atoms with Gasteiger partial charge < -0.3 is 4.42 Å². The van der Waals surface area contributed by atoms with Gasteiger partial charge in [-0.25, -0.2) is 4.79 Å². The number of aromatic nitrogens is 1. The fourth-order valence-corrected chi connectivity index (χ4v) is 3.44. The number of hydrogen-bond donors (Lipinski definition) is 0. The van der Waals surface area contributed by atoms with Gasteiger partial charge in [0.15, 0.2) is 5.58 Å². The topological polar surface area (TPSA) is 35.1 Å². The molecule has 1 aromatic carbocycles. The molecule has 2 heterocycles. The molecule has 19 heavy (non-hydrogen) atoms. The molecule has 2 aromatic heterocycles. The number of hydrogen-bond acceptors (Lipinski definition) is 3. The van der Waals surface area contributed by atoms with E-state index in [4.69, 9.17) is 16.0 Å². The largest absolute Gasteiger partial charge is 0.419 e. The second-order valence-electron chi connectivity index (χ2n) is 4.53. The normalized spacial score (nSPS) is 13.0. The summed E-state index contributed by atoms with van der Waals surface area (Å²) in [4.78, 5) is 11.5. The molecular weight excluding hydrogens is 282 g/mol. The Morgan fingerprint density at radius 1 is 1.37 bits per heavy atom. The summed E-state index contributed by atoms with van der Waals surface area (Å²) in [6, 6.07) is 5.64. The Hall–Kier alpha value is -1.52. The van der Waals surface area contributed by atoms with Gasteiger partial charge in [0.25, 0.3) is 0 Å². The molecule has 1 atom stereocenters. The van der Waals surface area contributed by atoms with Crippen LogP contribution < -0.4 is 5.76 Å². The summed E-state index contributed by atoms with van der Waals surface area (Å²) >= 11 is 8.14. The first-order chi connectivity index (χ1) is 9.08. The molecule has 0 aliphatic carbocycles. The van der Waals surface area contributed by atoms with E-state index in [1.54, 1.807) is 18.4 Å². The van der Waals surface area contributed by atoms with Crippen LogP contribution in [0.2, 0.25) is 0 Å². The molecule has 0 saturated carbocycles. The highest BCUT2D eigenvalue weighted by Crippen LogP contribution is 2.34. The lowest BCUT2D eigenvalue weighted by Gasteiger charge is -2.09. The van der Waals surface area contributed by atoms with Crippen molar-refractivity contribution in [2.24, 2.45) is 7.05 Å². The van der Waals surface area contributed by atoms with Gasteiger partial charge in [0, 0.05) is 7.05 Å². The first kappa shape index (κ1) is 12.5. The van der Waals surface area contributed by atoms with Gasteiger partial charge >= 0.3 is 5.76 Å².